The van der Waals surface area contributed by atoms with Crippen molar-refractivity contribution in [2.45, 2.75) is 26.3 Å². The zero-order valence-electron chi connectivity index (χ0n) is 13.7. The number of halogens is 1. The lowest BCUT2D eigenvalue weighted by atomic mass is 10.0. The number of amides is 1. The molecule has 0 radical (unpaired) electrons. The summed E-state index contributed by atoms with van der Waals surface area (Å²) in [5.74, 6) is 0.889. The first kappa shape index (κ1) is 16.4. The number of nitrogens with one attached hydrogen (secondary N) is 1. The summed E-state index contributed by atoms with van der Waals surface area (Å²) < 4.78 is 12.9. The molecule has 1 amide bonds. The van der Waals surface area contributed by atoms with Gasteiger partial charge >= 0.3 is 0 Å². The predicted molar refractivity (Wildman–Crippen MR) is 90.2 cm³/mol. The fraction of sp³-hybridized carbons (Fsp3) is 0.389. The molecule has 1 atom stereocenters. The van der Waals surface area contributed by atoms with Crippen LogP contribution in [0.2, 0.25) is 0 Å². The third-order valence-electron chi connectivity index (χ3n) is 4.22. The average Bonchev–Trinajstić information content (AvgIpc) is 2.61. The molecule has 2 heterocycles. The van der Waals surface area contributed by atoms with E-state index in [0.717, 1.165) is 30.9 Å². The predicted octanol–water partition coefficient (Wildman–Crippen LogP) is 2.78. The number of hydrogen-bond donors (Lipinski definition) is 1. The molecule has 1 N–H and O–H groups in total. The van der Waals surface area contributed by atoms with Gasteiger partial charge in [0.2, 0.25) is 0 Å². The normalized spacial score (nSPS) is 17.6. The van der Waals surface area contributed by atoms with Gasteiger partial charge in [-0.05, 0) is 36.5 Å². The molecule has 1 fully saturated rings. The van der Waals surface area contributed by atoms with Crippen molar-refractivity contribution in [2.75, 3.05) is 18.0 Å². The van der Waals surface area contributed by atoms with Gasteiger partial charge in [-0.2, -0.15) is 0 Å². The van der Waals surface area contributed by atoms with E-state index in [4.69, 9.17) is 0 Å². The number of nitrogens with zero attached hydrogens (tertiary/aromatic N) is 3. The molecule has 1 aromatic carbocycles. The third-order valence-corrected chi connectivity index (χ3v) is 4.22. The van der Waals surface area contributed by atoms with Gasteiger partial charge < -0.3 is 10.2 Å². The van der Waals surface area contributed by atoms with E-state index in [9.17, 15) is 9.18 Å². The van der Waals surface area contributed by atoms with Gasteiger partial charge in [-0.1, -0.05) is 19.1 Å². The topological polar surface area (TPSA) is 58.1 Å². The number of piperidine rings is 1. The molecule has 0 aliphatic carbocycles. The van der Waals surface area contributed by atoms with Crippen LogP contribution in [0, 0.1) is 11.7 Å². The van der Waals surface area contributed by atoms with Crippen LogP contribution in [0.25, 0.3) is 0 Å². The average molecular weight is 328 g/mol. The van der Waals surface area contributed by atoms with E-state index in [-0.39, 0.29) is 17.4 Å². The Kier molecular flexibility index (Phi) is 5.03. The molecule has 1 aliphatic heterocycles. The van der Waals surface area contributed by atoms with Crippen molar-refractivity contribution < 1.29 is 9.18 Å². The lowest BCUT2D eigenvalue weighted by Gasteiger charge is -2.31. The summed E-state index contributed by atoms with van der Waals surface area (Å²) >= 11 is 0. The quantitative estimate of drug-likeness (QED) is 0.937. The summed E-state index contributed by atoms with van der Waals surface area (Å²) in [4.78, 5) is 22.9. The minimum Gasteiger partial charge on any atom is -0.355 e. The summed E-state index contributed by atoms with van der Waals surface area (Å²) in [7, 11) is 0. The summed E-state index contributed by atoms with van der Waals surface area (Å²) in [5, 5.41) is 2.76. The Labute approximate surface area is 140 Å². The molecule has 3 rings (SSSR count). The second-order valence-corrected chi connectivity index (χ2v) is 6.26. The molecule has 2 aromatic rings. The maximum atomic E-state index is 12.9. The van der Waals surface area contributed by atoms with E-state index in [1.54, 1.807) is 18.3 Å². The summed E-state index contributed by atoms with van der Waals surface area (Å²) in [5.41, 5.74) is 1.11. The van der Waals surface area contributed by atoms with Gasteiger partial charge in [0.05, 0.1) is 12.4 Å². The molecular formula is C18H21FN4O. The van der Waals surface area contributed by atoms with Gasteiger partial charge in [0, 0.05) is 19.6 Å². The molecule has 126 valence electrons. The van der Waals surface area contributed by atoms with Gasteiger partial charge in [0.25, 0.3) is 5.91 Å². The minimum absolute atomic E-state index is 0.283. The maximum Gasteiger partial charge on any atom is 0.271 e. The summed E-state index contributed by atoms with van der Waals surface area (Å²) in [6, 6.07) is 6.02. The van der Waals surface area contributed by atoms with Crippen molar-refractivity contribution in [3.05, 3.63) is 53.7 Å². The molecule has 0 saturated carbocycles. The van der Waals surface area contributed by atoms with E-state index in [0.29, 0.717) is 12.5 Å². The molecule has 1 aromatic heterocycles. The summed E-state index contributed by atoms with van der Waals surface area (Å²) in [6.45, 7) is 4.52. The van der Waals surface area contributed by atoms with Crippen molar-refractivity contribution in [2.24, 2.45) is 5.92 Å². The Morgan fingerprint density at radius 3 is 2.75 bits per heavy atom. The van der Waals surface area contributed by atoms with Crippen LogP contribution in [0.3, 0.4) is 0 Å². The third kappa shape index (κ3) is 4.07. The maximum absolute atomic E-state index is 12.9. The zero-order chi connectivity index (χ0) is 16.9. The van der Waals surface area contributed by atoms with Gasteiger partial charge in [-0.3, -0.25) is 4.79 Å². The van der Waals surface area contributed by atoms with E-state index in [1.165, 1.54) is 24.8 Å². The van der Waals surface area contributed by atoms with Crippen LogP contribution in [0.5, 0.6) is 0 Å². The van der Waals surface area contributed by atoms with E-state index in [1.807, 2.05) is 0 Å². The highest BCUT2D eigenvalue weighted by Crippen LogP contribution is 2.20. The minimum atomic E-state index is -0.293. The van der Waals surface area contributed by atoms with E-state index < -0.39 is 0 Å². The Morgan fingerprint density at radius 2 is 2.08 bits per heavy atom. The van der Waals surface area contributed by atoms with Crippen molar-refractivity contribution >= 4 is 11.7 Å². The number of rotatable bonds is 4. The zero-order valence-corrected chi connectivity index (χ0v) is 13.7. The largest absolute Gasteiger partial charge is 0.355 e. The highest BCUT2D eigenvalue weighted by molar-refractivity contribution is 5.91. The van der Waals surface area contributed by atoms with Gasteiger partial charge in [-0.25, -0.2) is 14.4 Å². The molecule has 24 heavy (non-hydrogen) atoms. The number of hydrogen-bond acceptors (Lipinski definition) is 4. The SMILES string of the molecule is CC1CCCN(c2cnc(C(=O)NCc3ccc(F)cc3)cn2)C1. The van der Waals surface area contributed by atoms with Crippen LogP contribution in [-0.4, -0.2) is 29.0 Å². The molecule has 0 bridgehead atoms. The van der Waals surface area contributed by atoms with Crippen LogP contribution in [-0.2, 0) is 6.54 Å². The fourth-order valence-electron chi connectivity index (χ4n) is 2.87. The standard InChI is InChI=1S/C18H21FN4O/c1-13-3-2-8-23(12-13)17-11-20-16(10-21-17)18(24)22-9-14-4-6-15(19)7-5-14/h4-7,10-11,13H,2-3,8-9,12H2,1H3,(H,22,24). The van der Waals surface area contributed by atoms with Crippen molar-refractivity contribution in [1.29, 1.82) is 0 Å². The second-order valence-electron chi connectivity index (χ2n) is 6.26. The van der Waals surface area contributed by atoms with Crippen LogP contribution < -0.4 is 10.2 Å². The number of anilines is 1. The molecule has 1 aliphatic rings. The smallest absolute Gasteiger partial charge is 0.271 e. The molecule has 1 saturated heterocycles. The first-order chi connectivity index (χ1) is 11.6. The first-order valence-electron chi connectivity index (χ1n) is 8.21. The van der Waals surface area contributed by atoms with Crippen LogP contribution in [0.1, 0.15) is 35.8 Å². The number of carbonyl (C=O) groups is 1. The molecular weight excluding hydrogens is 307 g/mol. The van der Waals surface area contributed by atoms with Gasteiger partial charge in [0.15, 0.2) is 0 Å². The Morgan fingerprint density at radius 1 is 1.29 bits per heavy atom. The van der Waals surface area contributed by atoms with Gasteiger partial charge in [-0.15, -0.1) is 0 Å². The van der Waals surface area contributed by atoms with Crippen LogP contribution in [0.4, 0.5) is 10.2 Å². The second kappa shape index (κ2) is 7.38. The molecule has 5 nitrogen and oxygen atoms in total. The van der Waals surface area contributed by atoms with Crippen molar-refractivity contribution in [3.8, 4) is 0 Å². The lowest BCUT2D eigenvalue weighted by molar-refractivity contribution is 0.0945. The Bertz CT molecular complexity index is 687. The number of benzene rings is 1. The lowest BCUT2D eigenvalue weighted by Crippen LogP contribution is -2.35. The fourth-order valence-corrected chi connectivity index (χ4v) is 2.87. The Hall–Kier alpha value is -2.50. The highest BCUT2D eigenvalue weighted by Gasteiger charge is 2.18. The number of carbonyl (C=O) groups excluding carboxylic acids is 1. The number of aromatic nitrogens is 2. The highest BCUT2D eigenvalue weighted by atomic mass is 19.1. The van der Waals surface area contributed by atoms with Crippen LogP contribution in [0.15, 0.2) is 36.7 Å². The van der Waals surface area contributed by atoms with E-state index >= 15 is 0 Å². The molecule has 0 spiro atoms. The molecule has 1 unspecified atom stereocenters. The summed E-state index contributed by atoms with van der Waals surface area (Å²) in [6.07, 6.45) is 5.57. The molecule has 6 heteroatoms. The van der Waals surface area contributed by atoms with Crippen molar-refractivity contribution in [1.82, 2.24) is 15.3 Å². The van der Waals surface area contributed by atoms with Crippen molar-refractivity contribution in [3.63, 3.8) is 0 Å². The van der Waals surface area contributed by atoms with Gasteiger partial charge in [0.1, 0.15) is 17.3 Å². The van der Waals surface area contributed by atoms with Crippen LogP contribution >= 0.6 is 0 Å². The Balaban J connectivity index is 1.58. The van der Waals surface area contributed by atoms with E-state index in [2.05, 4.69) is 27.1 Å². The monoisotopic (exact) mass is 328 g/mol. The first-order valence-corrected chi connectivity index (χ1v) is 8.21.